The van der Waals surface area contributed by atoms with Crippen LogP contribution in [-0.2, 0) is 9.53 Å². The lowest BCUT2D eigenvalue weighted by atomic mass is 10.1. The van der Waals surface area contributed by atoms with Gasteiger partial charge in [0.1, 0.15) is 6.10 Å². The number of hydrogen-bond acceptors (Lipinski definition) is 4. The highest BCUT2D eigenvalue weighted by Crippen LogP contribution is 2.32. The number of aromatic nitrogens is 2. The third-order valence-electron chi connectivity index (χ3n) is 4.22. The van der Waals surface area contributed by atoms with E-state index >= 15 is 0 Å². The standard InChI is InChI=1S/C18H20N2O3/c21-16(14-6-2-1-3-7-14)10-11-18(22)23-17-9-4-8-15(17)20-13-5-12-19-20/h1-3,5-7,12-13,15,17H,4,8-11H2/t15-,17-/m1/s1. The predicted molar refractivity (Wildman–Crippen MR) is 85.0 cm³/mol. The van der Waals surface area contributed by atoms with Crippen molar-refractivity contribution in [1.82, 2.24) is 9.78 Å². The summed E-state index contributed by atoms with van der Waals surface area (Å²) in [6, 6.07) is 11.0. The number of carbonyl (C=O) groups is 2. The van der Waals surface area contributed by atoms with Gasteiger partial charge in [-0.3, -0.25) is 14.3 Å². The van der Waals surface area contributed by atoms with Gasteiger partial charge in [0.15, 0.2) is 5.78 Å². The van der Waals surface area contributed by atoms with Crippen LogP contribution < -0.4 is 0 Å². The SMILES string of the molecule is O=C(CCC(=O)c1ccccc1)O[C@@H]1CCC[C@H]1n1cccn1. The van der Waals surface area contributed by atoms with Crippen LogP contribution in [0.25, 0.3) is 0 Å². The molecule has 3 rings (SSSR count). The zero-order valence-electron chi connectivity index (χ0n) is 12.9. The molecule has 2 aromatic rings. The van der Waals surface area contributed by atoms with Crippen LogP contribution in [0.5, 0.6) is 0 Å². The third kappa shape index (κ3) is 3.86. The highest BCUT2D eigenvalue weighted by Gasteiger charge is 2.32. The molecule has 1 aromatic heterocycles. The third-order valence-corrected chi connectivity index (χ3v) is 4.22. The number of hydrogen-bond donors (Lipinski definition) is 0. The van der Waals surface area contributed by atoms with E-state index in [-0.39, 0.29) is 36.7 Å². The Balaban J connectivity index is 1.50. The van der Waals surface area contributed by atoms with Gasteiger partial charge >= 0.3 is 5.97 Å². The minimum absolute atomic E-state index is 0.0300. The summed E-state index contributed by atoms with van der Waals surface area (Å²) in [5.41, 5.74) is 0.635. The summed E-state index contributed by atoms with van der Waals surface area (Å²) in [6.07, 6.45) is 6.62. The topological polar surface area (TPSA) is 61.2 Å². The number of ketones is 1. The normalized spacial score (nSPS) is 20.3. The molecule has 1 aromatic carbocycles. The van der Waals surface area contributed by atoms with Crippen LogP contribution in [0.15, 0.2) is 48.8 Å². The van der Waals surface area contributed by atoms with Crippen molar-refractivity contribution in [2.75, 3.05) is 0 Å². The molecule has 0 N–H and O–H groups in total. The van der Waals surface area contributed by atoms with Crippen molar-refractivity contribution >= 4 is 11.8 Å². The van der Waals surface area contributed by atoms with Crippen LogP contribution in [0, 0.1) is 0 Å². The summed E-state index contributed by atoms with van der Waals surface area (Å²) in [5, 5.41) is 4.24. The van der Waals surface area contributed by atoms with Gasteiger partial charge in [0.05, 0.1) is 12.5 Å². The quantitative estimate of drug-likeness (QED) is 0.607. The summed E-state index contributed by atoms with van der Waals surface area (Å²) >= 11 is 0. The maximum Gasteiger partial charge on any atom is 0.306 e. The Kier molecular flexibility index (Phi) is 4.86. The Morgan fingerprint density at radius 3 is 2.70 bits per heavy atom. The zero-order valence-corrected chi connectivity index (χ0v) is 12.9. The first-order chi connectivity index (χ1) is 11.2. The van der Waals surface area contributed by atoms with E-state index in [2.05, 4.69) is 5.10 Å². The molecule has 23 heavy (non-hydrogen) atoms. The van der Waals surface area contributed by atoms with Crippen molar-refractivity contribution in [2.24, 2.45) is 0 Å². The number of Topliss-reactive ketones (excluding diaryl/α,β-unsaturated/α-hetero) is 1. The first-order valence-corrected chi connectivity index (χ1v) is 8.01. The lowest BCUT2D eigenvalue weighted by molar-refractivity contribution is -0.150. The minimum Gasteiger partial charge on any atom is -0.460 e. The molecule has 5 heteroatoms. The Morgan fingerprint density at radius 2 is 1.96 bits per heavy atom. The van der Waals surface area contributed by atoms with Crippen LogP contribution in [0.1, 0.15) is 48.5 Å². The Morgan fingerprint density at radius 1 is 1.13 bits per heavy atom. The molecule has 0 unspecified atom stereocenters. The maximum absolute atomic E-state index is 12.0. The van der Waals surface area contributed by atoms with Crippen LogP contribution in [-0.4, -0.2) is 27.6 Å². The van der Waals surface area contributed by atoms with Gasteiger partial charge < -0.3 is 4.74 Å². The van der Waals surface area contributed by atoms with E-state index in [0.29, 0.717) is 5.56 Å². The maximum atomic E-state index is 12.0. The lowest BCUT2D eigenvalue weighted by Crippen LogP contribution is -2.25. The van der Waals surface area contributed by atoms with Crippen LogP contribution >= 0.6 is 0 Å². The van der Waals surface area contributed by atoms with Crippen molar-refractivity contribution in [3.8, 4) is 0 Å². The monoisotopic (exact) mass is 312 g/mol. The molecule has 0 aliphatic heterocycles. The molecule has 120 valence electrons. The summed E-state index contributed by atoms with van der Waals surface area (Å²) in [6.45, 7) is 0. The van der Waals surface area contributed by atoms with Gasteiger partial charge in [-0.2, -0.15) is 5.10 Å². The molecule has 1 heterocycles. The molecule has 1 aliphatic carbocycles. The minimum atomic E-state index is -0.307. The van der Waals surface area contributed by atoms with Crippen LogP contribution in [0.4, 0.5) is 0 Å². The molecule has 2 atom stereocenters. The molecule has 0 bridgehead atoms. The average molecular weight is 312 g/mol. The molecule has 1 fully saturated rings. The van der Waals surface area contributed by atoms with Gasteiger partial charge in [0.25, 0.3) is 0 Å². The van der Waals surface area contributed by atoms with Gasteiger partial charge in [-0.25, -0.2) is 0 Å². The fourth-order valence-electron chi connectivity index (χ4n) is 3.04. The molecular weight excluding hydrogens is 292 g/mol. The van der Waals surface area contributed by atoms with Gasteiger partial charge in [-0.1, -0.05) is 30.3 Å². The Bertz CT molecular complexity index is 652. The fourth-order valence-corrected chi connectivity index (χ4v) is 3.04. The Hall–Kier alpha value is -2.43. The lowest BCUT2D eigenvalue weighted by Gasteiger charge is -2.20. The first-order valence-electron chi connectivity index (χ1n) is 8.01. The van der Waals surface area contributed by atoms with Crippen LogP contribution in [0.3, 0.4) is 0 Å². The number of rotatable bonds is 6. The van der Waals surface area contributed by atoms with Crippen LogP contribution in [0.2, 0.25) is 0 Å². The van der Waals surface area contributed by atoms with Gasteiger partial charge in [-0.05, 0) is 25.3 Å². The van der Waals surface area contributed by atoms with Crippen molar-refractivity contribution in [3.63, 3.8) is 0 Å². The molecule has 1 saturated carbocycles. The summed E-state index contributed by atoms with van der Waals surface area (Å²) in [5.74, 6) is -0.337. The molecule has 5 nitrogen and oxygen atoms in total. The van der Waals surface area contributed by atoms with Gasteiger partial charge in [-0.15, -0.1) is 0 Å². The second-order valence-electron chi connectivity index (χ2n) is 5.80. The Labute approximate surface area is 135 Å². The second-order valence-corrected chi connectivity index (χ2v) is 5.80. The smallest absolute Gasteiger partial charge is 0.306 e. The predicted octanol–water partition coefficient (Wildman–Crippen LogP) is 3.18. The number of benzene rings is 1. The number of esters is 1. The van der Waals surface area contributed by atoms with Crippen molar-refractivity contribution in [1.29, 1.82) is 0 Å². The molecular formula is C18H20N2O3. The van der Waals surface area contributed by atoms with E-state index in [1.807, 2.05) is 35.1 Å². The van der Waals surface area contributed by atoms with E-state index in [9.17, 15) is 9.59 Å². The first kappa shape index (κ1) is 15.5. The van der Waals surface area contributed by atoms with Gasteiger partial charge in [0.2, 0.25) is 0 Å². The highest BCUT2D eigenvalue weighted by atomic mass is 16.5. The largest absolute Gasteiger partial charge is 0.460 e. The van der Waals surface area contributed by atoms with E-state index in [1.54, 1.807) is 18.3 Å². The number of carbonyl (C=O) groups excluding carboxylic acids is 2. The molecule has 0 spiro atoms. The van der Waals surface area contributed by atoms with Crippen molar-refractivity contribution in [2.45, 2.75) is 44.2 Å². The average Bonchev–Trinajstić information content (AvgIpc) is 3.24. The van der Waals surface area contributed by atoms with Crippen molar-refractivity contribution in [3.05, 3.63) is 54.4 Å². The zero-order chi connectivity index (χ0) is 16.1. The molecule has 0 amide bonds. The fraction of sp³-hybridized carbons (Fsp3) is 0.389. The second kappa shape index (κ2) is 7.22. The highest BCUT2D eigenvalue weighted by molar-refractivity contribution is 5.97. The van der Waals surface area contributed by atoms with E-state index < -0.39 is 0 Å². The van der Waals surface area contributed by atoms with Crippen molar-refractivity contribution < 1.29 is 14.3 Å². The van der Waals surface area contributed by atoms with E-state index in [4.69, 9.17) is 4.74 Å². The van der Waals surface area contributed by atoms with E-state index in [0.717, 1.165) is 19.3 Å². The molecule has 1 aliphatic rings. The van der Waals surface area contributed by atoms with E-state index in [1.165, 1.54) is 0 Å². The number of nitrogens with zero attached hydrogens (tertiary/aromatic N) is 2. The van der Waals surface area contributed by atoms with Gasteiger partial charge in [0, 0.05) is 24.4 Å². The molecule has 0 saturated heterocycles. The number of ether oxygens (including phenoxy) is 1. The summed E-state index contributed by atoms with van der Waals surface area (Å²) in [4.78, 5) is 24.1. The molecule has 0 radical (unpaired) electrons. The summed E-state index contributed by atoms with van der Waals surface area (Å²) < 4.78 is 7.44. The summed E-state index contributed by atoms with van der Waals surface area (Å²) in [7, 11) is 0.